The van der Waals surface area contributed by atoms with Gasteiger partial charge in [-0.15, -0.1) is 0 Å². The molecule has 0 N–H and O–H groups in total. The van der Waals surface area contributed by atoms with Crippen molar-refractivity contribution in [1.29, 1.82) is 0 Å². The average Bonchev–Trinajstić information content (AvgIpc) is 3.70. The van der Waals surface area contributed by atoms with Gasteiger partial charge in [-0.25, -0.2) is 0 Å². The van der Waals surface area contributed by atoms with Crippen LogP contribution < -0.4 is 4.90 Å². The van der Waals surface area contributed by atoms with E-state index in [2.05, 4.69) is 198 Å². The zero-order chi connectivity index (χ0) is 38.3. The summed E-state index contributed by atoms with van der Waals surface area (Å²) in [6.07, 6.45) is 5.97. The molecule has 0 bridgehead atoms. The lowest BCUT2D eigenvalue weighted by Gasteiger charge is -2.34. The molecule has 2 heteroatoms. The average molecular weight is 726 g/mol. The van der Waals surface area contributed by atoms with Gasteiger partial charge in [0.15, 0.2) is 0 Å². The lowest BCUT2D eigenvalue weighted by atomic mass is 9.79. The van der Waals surface area contributed by atoms with Crippen molar-refractivity contribution < 1.29 is 4.42 Å². The van der Waals surface area contributed by atoms with E-state index in [-0.39, 0.29) is 10.8 Å². The molecule has 0 spiro atoms. The van der Waals surface area contributed by atoms with Gasteiger partial charge in [0.05, 0.1) is 5.69 Å². The molecule has 10 rings (SSSR count). The van der Waals surface area contributed by atoms with Crippen LogP contribution in [0.1, 0.15) is 70.2 Å². The second kappa shape index (κ2) is 12.7. The molecule has 1 heterocycles. The summed E-state index contributed by atoms with van der Waals surface area (Å²) in [4.78, 5) is 2.51. The van der Waals surface area contributed by atoms with Crippen LogP contribution in [0, 0.1) is 5.92 Å². The molecule has 0 radical (unpaired) electrons. The Labute approximate surface area is 330 Å². The maximum absolute atomic E-state index is 6.47. The summed E-state index contributed by atoms with van der Waals surface area (Å²) < 4.78 is 6.47. The Hall–Kier alpha value is -6.12. The second-order valence-electron chi connectivity index (χ2n) is 17.4. The third-order valence-electron chi connectivity index (χ3n) is 12.4. The maximum Gasteiger partial charge on any atom is 0.143 e. The normalized spacial score (nSPS) is 16.1. The van der Waals surface area contributed by atoms with Crippen LogP contribution in [0.3, 0.4) is 0 Å². The number of para-hydroxylation sites is 2. The molecular weight excluding hydrogens is 679 g/mol. The van der Waals surface area contributed by atoms with Gasteiger partial charge >= 0.3 is 0 Å². The van der Waals surface area contributed by atoms with Crippen molar-refractivity contribution >= 4 is 49.7 Å². The topological polar surface area (TPSA) is 16.4 Å². The van der Waals surface area contributed by atoms with Crippen LogP contribution in [-0.2, 0) is 10.8 Å². The molecule has 274 valence electrons. The Bertz CT molecular complexity index is 2900. The van der Waals surface area contributed by atoms with Crippen molar-refractivity contribution in [2.75, 3.05) is 4.90 Å². The smallest absolute Gasteiger partial charge is 0.143 e. The lowest BCUT2D eigenvalue weighted by Crippen LogP contribution is -2.21. The summed E-state index contributed by atoms with van der Waals surface area (Å²) in [7, 11) is 0. The number of anilines is 2. The number of hydrogen-bond acceptors (Lipinski definition) is 2. The number of fused-ring (bicyclic) bond motifs is 7. The number of nitrogens with zero attached hydrogens (tertiary/aromatic N) is 1. The Morgan fingerprint density at radius 2 is 1.34 bits per heavy atom. The monoisotopic (exact) mass is 725 g/mol. The highest BCUT2D eigenvalue weighted by Crippen LogP contribution is 2.54. The maximum atomic E-state index is 6.47. The quantitative estimate of drug-likeness (QED) is 0.176. The molecule has 0 saturated carbocycles. The Balaban J connectivity index is 1.15. The van der Waals surface area contributed by atoms with E-state index in [1.807, 2.05) is 6.07 Å². The predicted molar refractivity (Wildman–Crippen MR) is 238 cm³/mol. The van der Waals surface area contributed by atoms with E-state index in [0.717, 1.165) is 45.2 Å². The van der Waals surface area contributed by atoms with E-state index < -0.39 is 0 Å². The van der Waals surface area contributed by atoms with Crippen LogP contribution in [0.4, 0.5) is 11.4 Å². The molecule has 1 aromatic heterocycles. The largest absolute Gasteiger partial charge is 0.455 e. The Morgan fingerprint density at radius 1 is 0.643 bits per heavy atom. The standard InChI is InChI=1S/C54H47NO/c1-34-24-31-49(45(32-34)42-19-13-21-46-51(42)44-30-27-37(53(2,3)4)33-47(44)54(46,5)6)55(48-22-11-15-35-14-7-8-16-39(35)48)38-28-25-36(26-29-38)40-18-12-20-43-41-17-9-10-23-50(41)56-52(40)43/h7-23,25-34H,24H2,1-6H3. The fraction of sp³-hybridized carbons (Fsp3) is 0.185. The second-order valence-corrected chi connectivity index (χ2v) is 17.4. The minimum absolute atomic E-state index is 0.0764. The van der Waals surface area contributed by atoms with E-state index in [4.69, 9.17) is 4.42 Å². The molecule has 1 unspecified atom stereocenters. The van der Waals surface area contributed by atoms with E-state index >= 15 is 0 Å². The highest BCUT2D eigenvalue weighted by atomic mass is 16.3. The van der Waals surface area contributed by atoms with Gasteiger partial charge in [-0.1, -0.05) is 175 Å². The molecule has 0 fully saturated rings. The zero-order valence-corrected chi connectivity index (χ0v) is 33.2. The van der Waals surface area contributed by atoms with Gasteiger partial charge in [-0.3, -0.25) is 0 Å². The van der Waals surface area contributed by atoms with Gasteiger partial charge in [0.2, 0.25) is 0 Å². The van der Waals surface area contributed by atoms with Crippen molar-refractivity contribution in [3.63, 3.8) is 0 Å². The van der Waals surface area contributed by atoms with Gasteiger partial charge in [-0.05, 0) is 86.3 Å². The molecule has 2 nitrogen and oxygen atoms in total. The molecule has 2 aliphatic carbocycles. The first-order valence-corrected chi connectivity index (χ1v) is 20.1. The number of furan rings is 1. The highest BCUT2D eigenvalue weighted by molar-refractivity contribution is 6.10. The van der Waals surface area contributed by atoms with Crippen molar-refractivity contribution in [2.24, 2.45) is 5.92 Å². The summed E-state index contributed by atoms with van der Waals surface area (Å²) in [5.74, 6) is 0.405. The van der Waals surface area contributed by atoms with Gasteiger partial charge in [-0.2, -0.15) is 0 Å². The molecule has 0 saturated heterocycles. The van der Waals surface area contributed by atoms with E-state index in [1.165, 1.54) is 61.1 Å². The minimum atomic E-state index is -0.111. The van der Waals surface area contributed by atoms with Gasteiger partial charge < -0.3 is 9.32 Å². The van der Waals surface area contributed by atoms with Crippen molar-refractivity contribution in [1.82, 2.24) is 0 Å². The van der Waals surface area contributed by atoms with Crippen molar-refractivity contribution in [3.8, 4) is 22.3 Å². The third kappa shape index (κ3) is 5.38. The predicted octanol–water partition coefficient (Wildman–Crippen LogP) is 15.2. The summed E-state index contributed by atoms with van der Waals surface area (Å²) in [6.45, 7) is 14.1. The molecule has 0 amide bonds. The molecule has 7 aromatic carbocycles. The van der Waals surface area contributed by atoms with Crippen LogP contribution >= 0.6 is 0 Å². The molecule has 0 aliphatic heterocycles. The van der Waals surface area contributed by atoms with Gasteiger partial charge in [0.1, 0.15) is 11.2 Å². The molecule has 1 atom stereocenters. The van der Waals surface area contributed by atoms with Crippen molar-refractivity contribution in [2.45, 2.75) is 58.8 Å². The summed E-state index contributed by atoms with van der Waals surface area (Å²) in [5, 5.41) is 4.74. The number of rotatable bonds is 5. The summed E-state index contributed by atoms with van der Waals surface area (Å²) in [6, 6.07) is 53.6. The third-order valence-corrected chi connectivity index (χ3v) is 12.4. The van der Waals surface area contributed by atoms with Gasteiger partial charge in [0, 0.05) is 44.1 Å². The zero-order valence-electron chi connectivity index (χ0n) is 33.2. The van der Waals surface area contributed by atoms with Crippen molar-refractivity contribution in [3.05, 3.63) is 186 Å². The molecule has 8 aromatic rings. The van der Waals surface area contributed by atoms with E-state index in [0.29, 0.717) is 5.92 Å². The van der Waals surface area contributed by atoms with E-state index in [9.17, 15) is 0 Å². The SMILES string of the molecule is CC1C=C(c2cccc3c2-c2ccc(C(C)(C)C)cc2C3(C)C)C(N(c2ccc(-c3cccc4c3oc3ccccc34)cc2)c2cccc3ccccc23)=CC1. The molecule has 56 heavy (non-hydrogen) atoms. The summed E-state index contributed by atoms with van der Waals surface area (Å²) in [5.41, 5.74) is 17.1. The first-order chi connectivity index (χ1) is 27.1. The number of benzene rings is 7. The van der Waals surface area contributed by atoms with Crippen LogP contribution in [0.5, 0.6) is 0 Å². The first kappa shape index (κ1) is 34.4. The summed E-state index contributed by atoms with van der Waals surface area (Å²) >= 11 is 0. The lowest BCUT2D eigenvalue weighted by molar-refractivity contribution is 0.584. The minimum Gasteiger partial charge on any atom is -0.455 e. The fourth-order valence-corrected chi connectivity index (χ4v) is 9.34. The Kier molecular flexibility index (Phi) is 7.80. The Morgan fingerprint density at radius 3 is 2.16 bits per heavy atom. The van der Waals surface area contributed by atoms with Crippen LogP contribution in [0.2, 0.25) is 0 Å². The van der Waals surface area contributed by atoms with Crippen LogP contribution in [-0.4, -0.2) is 0 Å². The highest BCUT2D eigenvalue weighted by Gasteiger charge is 2.39. The van der Waals surface area contributed by atoms with Crippen LogP contribution in [0.25, 0.3) is 60.5 Å². The molecular formula is C54H47NO. The first-order valence-electron chi connectivity index (χ1n) is 20.1. The van der Waals surface area contributed by atoms with E-state index in [1.54, 1.807) is 0 Å². The molecule has 2 aliphatic rings. The van der Waals surface area contributed by atoms with Gasteiger partial charge in [0.25, 0.3) is 0 Å². The number of allylic oxidation sites excluding steroid dienone is 3. The fourth-order valence-electron chi connectivity index (χ4n) is 9.34. The number of hydrogen-bond donors (Lipinski definition) is 0. The van der Waals surface area contributed by atoms with Crippen LogP contribution in [0.15, 0.2) is 168 Å².